The molecule has 4 rings (SSSR count). The number of benzene rings is 2. The molecule has 0 saturated heterocycles. The van der Waals surface area contributed by atoms with E-state index in [1.54, 1.807) is 0 Å². The van der Waals surface area contributed by atoms with Crippen LogP contribution in [-0.4, -0.2) is 0 Å². The minimum atomic E-state index is 1.08. The Morgan fingerprint density at radius 1 is 0.647 bits per heavy atom. The van der Waals surface area contributed by atoms with Crippen molar-refractivity contribution in [1.82, 2.24) is 0 Å². The van der Waals surface area contributed by atoms with E-state index in [9.17, 15) is 0 Å². The summed E-state index contributed by atoms with van der Waals surface area (Å²) in [6.45, 7) is 0. The van der Waals surface area contributed by atoms with Crippen molar-refractivity contribution in [2.45, 2.75) is 6.42 Å². The molecule has 0 unspecified atom stereocenters. The molecule has 0 atom stereocenters. The van der Waals surface area contributed by atoms with Crippen molar-refractivity contribution in [2.24, 2.45) is 0 Å². The molecule has 80 valence electrons. The molecule has 0 heterocycles. The molecule has 0 bridgehead atoms. The molecule has 17 heavy (non-hydrogen) atoms. The Hall–Kier alpha value is -2.08. The lowest BCUT2D eigenvalue weighted by Crippen LogP contribution is -2.09. The van der Waals surface area contributed by atoms with Crippen molar-refractivity contribution in [3.05, 3.63) is 80.6 Å². The lowest BCUT2D eigenvalue weighted by molar-refractivity contribution is 1.22. The summed E-state index contributed by atoms with van der Waals surface area (Å²) in [5.41, 5.74) is 2.93. The fraction of sp³-hybridized carbons (Fsp3) is 0.0588. The second kappa shape index (κ2) is 3.21. The smallest absolute Gasteiger partial charge is 0.00130 e. The number of hydrogen-bond acceptors (Lipinski definition) is 0. The zero-order chi connectivity index (χ0) is 11.2. The Bertz CT molecular complexity index is 780. The summed E-state index contributed by atoms with van der Waals surface area (Å²) in [6.07, 6.45) is 9.75. The largest absolute Gasteiger partial charge is 0.0616 e. The predicted molar refractivity (Wildman–Crippen MR) is 70.7 cm³/mol. The summed E-state index contributed by atoms with van der Waals surface area (Å²) >= 11 is 0. The Labute approximate surface area is 99.5 Å². The molecule has 0 radical (unpaired) electrons. The van der Waals surface area contributed by atoms with E-state index in [0.29, 0.717) is 0 Å². The first kappa shape index (κ1) is 9.00. The molecule has 2 aliphatic carbocycles. The maximum Gasteiger partial charge on any atom is -0.00130 e. The van der Waals surface area contributed by atoms with Crippen molar-refractivity contribution >= 4 is 12.2 Å². The Balaban J connectivity index is 2.50. The Morgan fingerprint density at radius 3 is 1.71 bits per heavy atom. The van der Waals surface area contributed by atoms with Crippen LogP contribution in [0, 0.1) is 10.4 Å². The van der Waals surface area contributed by atoms with Gasteiger partial charge < -0.3 is 0 Å². The van der Waals surface area contributed by atoms with Gasteiger partial charge >= 0.3 is 0 Å². The van der Waals surface area contributed by atoms with Crippen molar-refractivity contribution in [2.75, 3.05) is 0 Å². The van der Waals surface area contributed by atoms with E-state index in [2.05, 4.69) is 60.7 Å². The van der Waals surface area contributed by atoms with Gasteiger partial charge in [-0.15, -0.1) is 0 Å². The summed E-state index contributed by atoms with van der Waals surface area (Å²) in [5, 5.41) is 5.58. The van der Waals surface area contributed by atoms with Crippen LogP contribution in [-0.2, 0) is 6.42 Å². The molecular weight excluding hydrogens is 204 g/mol. The zero-order valence-electron chi connectivity index (χ0n) is 9.48. The molecule has 0 aromatic heterocycles. The first-order valence-corrected chi connectivity index (χ1v) is 6.02. The molecule has 2 aromatic carbocycles. The third kappa shape index (κ3) is 1.18. The van der Waals surface area contributed by atoms with E-state index in [1.165, 1.54) is 32.0 Å². The van der Waals surface area contributed by atoms with Crippen molar-refractivity contribution in [1.29, 1.82) is 0 Å². The van der Waals surface area contributed by atoms with Gasteiger partial charge in [0, 0.05) is 0 Å². The van der Waals surface area contributed by atoms with Gasteiger partial charge in [0.2, 0.25) is 0 Å². The third-order valence-electron chi connectivity index (χ3n) is 3.66. The minimum absolute atomic E-state index is 1.08. The van der Waals surface area contributed by atoms with E-state index < -0.39 is 0 Å². The first-order chi connectivity index (χ1) is 8.43. The Kier molecular flexibility index (Phi) is 1.70. The van der Waals surface area contributed by atoms with E-state index in [1.807, 2.05) is 0 Å². The molecule has 0 saturated carbocycles. The van der Waals surface area contributed by atoms with Crippen LogP contribution in [0.25, 0.3) is 12.2 Å². The monoisotopic (exact) mass is 216 g/mol. The Morgan fingerprint density at radius 2 is 1.18 bits per heavy atom. The van der Waals surface area contributed by atoms with Crippen molar-refractivity contribution in [3.63, 3.8) is 0 Å². The van der Waals surface area contributed by atoms with Crippen LogP contribution in [0.1, 0.15) is 11.1 Å². The minimum Gasteiger partial charge on any atom is -0.0616 e. The average molecular weight is 216 g/mol. The average Bonchev–Trinajstić information content (AvgIpc) is 2.71. The second-order valence-corrected chi connectivity index (χ2v) is 4.66. The number of allylic oxidation sites excluding steroid dienone is 2. The maximum absolute atomic E-state index is 2.25. The van der Waals surface area contributed by atoms with Crippen LogP contribution >= 0.6 is 0 Å². The van der Waals surface area contributed by atoms with E-state index >= 15 is 0 Å². The van der Waals surface area contributed by atoms with Crippen LogP contribution in [0.4, 0.5) is 0 Å². The molecule has 0 amide bonds. The molecule has 0 heteroatoms. The normalized spacial score (nSPS) is 20.2. The molecule has 0 aliphatic heterocycles. The highest BCUT2D eigenvalue weighted by molar-refractivity contribution is 5.52. The number of hydrogen-bond donors (Lipinski definition) is 0. The molecule has 0 nitrogen and oxygen atoms in total. The van der Waals surface area contributed by atoms with Gasteiger partial charge in [0.25, 0.3) is 0 Å². The predicted octanol–water partition coefficient (Wildman–Crippen LogP) is 2.01. The second-order valence-electron chi connectivity index (χ2n) is 4.66. The summed E-state index contributed by atoms with van der Waals surface area (Å²) < 4.78 is 0. The van der Waals surface area contributed by atoms with Crippen LogP contribution in [0.15, 0.2) is 48.6 Å². The van der Waals surface area contributed by atoms with Gasteiger partial charge in [-0.3, -0.25) is 0 Å². The zero-order valence-corrected chi connectivity index (χ0v) is 9.48. The van der Waals surface area contributed by atoms with Gasteiger partial charge in [0.15, 0.2) is 0 Å². The fourth-order valence-corrected chi connectivity index (χ4v) is 2.95. The highest BCUT2D eigenvalue weighted by Crippen LogP contribution is 2.16. The van der Waals surface area contributed by atoms with E-state index in [4.69, 9.17) is 0 Å². The van der Waals surface area contributed by atoms with Gasteiger partial charge in [0.05, 0.1) is 0 Å². The van der Waals surface area contributed by atoms with Gasteiger partial charge in [-0.25, -0.2) is 0 Å². The van der Waals surface area contributed by atoms with Gasteiger partial charge in [-0.2, -0.15) is 0 Å². The molecule has 0 fully saturated rings. The fourth-order valence-electron chi connectivity index (χ4n) is 2.95. The molecule has 2 aliphatic rings. The van der Waals surface area contributed by atoms with Crippen molar-refractivity contribution in [3.8, 4) is 0 Å². The van der Waals surface area contributed by atoms with Crippen LogP contribution in [0.3, 0.4) is 0 Å². The quantitative estimate of drug-likeness (QED) is 0.539. The first-order valence-electron chi connectivity index (χ1n) is 6.02. The van der Waals surface area contributed by atoms with Gasteiger partial charge in [0.1, 0.15) is 0 Å². The SMILES string of the molecule is C1=C\C=c2\cccc3c2=c2c(ccc/c2=C/1)C3. The summed E-state index contributed by atoms with van der Waals surface area (Å²) in [7, 11) is 0. The maximum atomic E-state index is 2.25. The van der Waals surface area contributed by atoms with Crippen molar-refractivity contribution < 1.29 is 0 Å². The highest BCUT2D eigenvalue weighted by atomic mass is 14.1. The van der Waals surface area contributed by atoms with E-state index in [0.717, 1.165) is 6.42 Å². The number of rotatable bonds is 0. The standard InChI is InChI=1S/C17H12/c1-2-6-13-8-4-10-15-11-14-9-3-7-12(5-1)16(14)17(13)15/h1-10H,11H2/b2-1-,5-1?,6-2?,12-5-,13-6-. The van der Waals surface area contributed by atoms with Crippen LogP contribution in [0.5, 0.6) is 0 Å². The molecule has 0 spiro atoms. The van der Waals surface area contributed by atoms with Gasteiger partial charge in [-0.05, 0) is 38.4 Å². The lowest BCUT2D eigenvalue weighted by Gasteiger charge is -1.95. The topological polar surface area (TPSA) is 0 Å². The molecular formula is C17H12. The van der Waals surface area contributed by atoms with Gasteiger partial charge in [-0.1, -0.05) is 60.7 Å². The summed E-state index contributed by atoms with van der Waals surface area (Å²) in [6, 6.07) is 13.2. The lowest BCUT2D eigenvalue weighted by atomic mass is 10.1. The van der Waals surface area contributed by atoms with E-state index in [-0.39, 0.29) is 0 Å². The molecule has 2 aromatic rings. The molecule has 0 N–H and O–H groups in total. The van der Waals surface area contributed by atoms with Crippen LogP contribution in [0.2, 0.25) is 0 Å². The van der Waals surface area contributed by atoms with Crippen LogP contribution < -0.4 is 10.4 Å². The summed E-state index contributed by atoms with van der Waals surface area (Å²) in [5.74, 6) is 0. The summed E-state index contributed by atoms with van der Waals surface area (Å²) in [4.78, 5) is 0. The third-order valence-corrected chi connectivity index (χ3v) is 3.66. The highest BCUT2D eigenvalue weighted by Gasteiger charge is 2.10.